The van der Waals surface area contributed by atoms with Gasteiger partial charge in [-0.05, 0) is 18.2 Å². The molecular weight excluding hydrogens is 254 g/mol. The van der Waals surface area contributed by atoms with Crippen LogP contribution in [0.4, 0.5) is 5.69 Å². The molecule has 0 fully saturated rings. The number of nitrogens with one attached hydrogen (secondary N) is 2. The van der Waals surface area contributed by atoms with Gasteiger partial charge in [-0.3, -0.25) is 0 Å². The van der Waals surface area contributed by atoms with Gasteiger partial charge in [0, 0.05) is 16.9 Å². The van der Waals surface area contributed by atoms with Gasteiger partial charge in [-0.2, -0.15) is 0 Å². The average Bonchev–Trinajstić information content (AvgIpc) is 2.89. The van der Waals surface area contributed by atoms with Crippen molar-refractivity contribution < 1.29 is 9.53 Å². The highest BCUT2D eigenvalue weighted by Gasteiger charge is 2.12. The van der Waals surface area contributed by atoms with Crippen LogP contribution in [0.3, 0.4) is 0 Å². The molecule has 2 aromatic rings. The molecular formula is C12H12ClN3O2. The Hall–Kier alpha value is -2.01. The van der Waals surface area contributed by atoms with Crippen molar-refractivity contribution >= 4 is 23.3 Å². The van der Waals surface area contributed by atoms with Crippen LogP contribution in [0, 0.1) is 0 Å². The van der Waals surface area contributed by atoms with Crippen LogP contribution in [0.5, 0.6) is 0 Å². The third-order valence-electron chi connectivity index (χ3n) is 2.41. The maximum atomic E-state index is 11.6. The van der Waals surface area contributed by atoms with Gasteiger partial charge in [-0.25, -0.2) is 9.78 Å². The first-order chi connectivity index (χ1) is 8.70. The van der Waals surface area contributed by atoms with E-state index in [1.54, 1.807) is 30.7 Å². The first-order valence-corrected chi connectivity index (χ1v) is 5.67. The fourth-order valence-corrected chi connectivity index (χ4v) is 1.69. The van der Waals surface area contributed by atoms with Crippen LogP contribution in [-0.4, -0.2) is 23.0 Å². The Morgan fingerprint density at radius 1 is 1.56 bits per heavy atom. The Bertz CT molecular complexity index is 540. The zero-order valence-corrected chi connectivity index (χ0v) is 10.5. The Labute approximate surface area is 109 Å². The zero-order chi connectivity index (χ0) is 13.0. The molecule has 1 aromatic heterocycles. The number of H-pyrrole nitrogens is 1. The number of methoxy groups -OCH3 is 1. The van der Waals surface area contributed by atoms with Gasteiger partial charge < -0.3 is 15.0 Å². The molecule has 0 atom stereocenters. The molecule has 0 aliphatic rings. The third-order valence-corrected chi connectivity index (χ3v) is 2.65. The lowest BCUT2D eigenvalue weighted by molar-refractivity contribution is 0.0602. The van der Waals surface area contributed by atoms with Gasteiger partial charge in [-0.1, -0.05) is 11.6 Å². The number of rotatable bonds is 4. The van der Waals surface area contributed by atoms with E-state index in [-0.39, 0.29) is 0 Å². The van der Waals surface area contributed by atoms with E-state index in [0.717, 1.165) is 5.69 Å². The molecule has 2 rings (SSSR count). The van der Waals surface area contributed by atoms with Crippen LogP contribution in [0.25, 0.3) is 0 Å². The number of carbonyl (C=O) groups excluding carboxylic acids is 1. The van der Waals surface area contributed by atoms with Gasteiger partial charge in [-0.15, -0.1) is 0 Å². The molecule has 0 radical (unpaired) electrons. The highest BCUT2D eigenvalue weighted by molar-refractivity contribution is 6.31. The van der Waals surface area contributed by atoms with Gasteiger partial charge in [0.15, 0.2) is 0 Å². The maximum absolute atomic E-state index is 11.6. The van der Waals surface area contributed by atoms with Crippen LogP contribution < -0.4 is 5.32 Å². The van der Waals surface area contributed by atoms with Gasteiger partial charge in [0.05, 0.1) is 31.2 Å². The van der Waals surface area contributed by atoms with Crippen LogP contribution in [0.2, 0.25) is 5.02 Å². The lowest BCUT2D eigenvalue weighted by atomic mass is 10.1. The zero-order valence-electron chi connectivity index (χ0n) is 9.74. The minimum atomic E-state index is -0.426. The van der Waals surface area contributed by atoms with E-state index in [4.69, 9.17) is 16.3 Å². The summed E-state index contributed by atoms with van der Waals surface area (Å²) >= 11 is 5.87. The second-order valence-electron chi connectivity index (χ2n) is 3.61. The standard InChI is InChI=1S/C12H12ClN3O2/c1-18-12(17)10-4-8(13)2-3-11(10)15-6-9-5-14-7-16-9/h2-5,7,15H,6H2,1H3,(H,14,16). The Kier molecular flexibility index (Phi) is 3.84. The summed E-state index contributed by atoms with van der Waals surface area (Å²) in [5.41, 5.74) is 1.99. The van der Waals surface area contributed by atoms with E-state index in [9.17, 15) is 4.79 Å². The van der Waals surface area contributed by atoms with Gasteiger partial charge in [0.1, 0.15) is 0 Å². The first kappa shape index (κ1) is 12.4. The lowest BCUT2D eigenvalue weighted by Crippen LogP contribution is -2.08. The van der Waals surface area contributed by atoms with Crippen LogP contribution >= 0.6 is 11.6 Å². The van der Waals surface area contributed by atoms with Crippen molar-refractivity contribution in [3.05, 3.63) is 47.0 Å². The van der Waals surface area contributed by atoms with E-state index in [0.29, 0.717) is 22.8 Å². The minimum Gasteiger partial charge on any atom is -0.465 e. The summed E-state index contributed by atoms with van der Waals surface area (Å²) in [5, 5.41) is 3.62. The van der Waals surface area contributed by atoms with Crippen molar-refractivity contribution in [1.82, 2.24) is 9.97 Å². The summed E-state index contributed by atoms with van der Waals surface area (Å²) < 4.78 is 4.71. The Morgan fingerprint density at radius 3 is 3.06 bits per heavy atom. The summed E-state index contributed by atoms with van der Waals surface area (Å²) in [7, 11) is 1.34. The topological polar surface area (TPSA) is 67.0 Å². The number of hydrogen-bond donors (Lipinski definition) is 2. The molecule has 5 nitrogen and oxygen atoms in total. The summed E-state index contributed by atoms with van der Waals surface area (Å²) in [6, 6.07) is 5.02. The smallest absolute Gasteiger partial charge is 0.340 e. The second kappa shape index (κ2) is 5.55. The van der Waals surface area contributed by atoms with Crippen LogP contribution in [0.15, 0.2) is 30.7 Å². The molecule has 0 saturated carbocycles. The van der Waals surface area contributed by atoms with E-state index in [1.807, 2.05) is 0 Å². The Balaban J connectivity index is 2.18. The number of halogens is 1. The molecule has 0 amide bonds. The summed E-state index contributed by atoms with van der Waals surface area (Å²) in [5.74, 6) is -0.426. The summed E-state index contributed by atoms with van der Waals surface area (Å²) in [6.07, 6.45) is 3.31. The average molecular weight is 266 g/mol. The number of esters is 1. The normalized spacial score (nSPS) is 10.1. The fraction of sp³-hybridized carbons (Fsp3) is 0.167. The molecule has 0 bridgehead atoms. The van der Waals surface area contributed by atoms with Gasteiger partial charge in [0.2, 0.25) is 0 Å². The second-order valence-corrected chi connectivity index (χ2v) is 4.05. The van der Waals surface area contributed by atoms with Gasteiger partial charge >= 0.3 is 5.97 Å². The van der Waals surface area contributed by atoms with Crippen molar-refractivity contribution in [3.8, 4) is 0 Å². The molecule has 0 saturated heterocycles. The molecule has 1 heterocycles. The molecule has 94 valence electrons. The SMILES string of the molecule is COC(=O)c1cc(Cl)ccc1NCc1cnc[nH]1. The van der Waals surface area contributed by atoms with Crippen molar-refractivity contribution in [2.75, 3.05) is 12.4 Å². The Morgan fingerprint density at radius 2 is 2.39 bits per heavy atom. The number of aromatic amines is 1. The molecule has 0 unspecified atom stereocenters. The quantitative estimate of drug-likeness (QED) is 0.834. The largest absolute Gasteiger partial charge is 0.465 e. The molecule has 1 aromatic carbocycles. The van der Waals surface area contributed by atoms with E-state index >= 15 is 0 Å². The highest BCUT2D eigenvalue weighted by atomic mass is 35.5. The fourth-order valence-electron chi connectivity index (χ4n) is 1.52. The van der Waals surface area contributed by atoms with Crippen molar-refractivity contribution in [2.45, 2.75) is 6.54 Å². The molecule has 2 N–H and O–H groups in total. The number of ether oxygens (including phenoxy) is 1. The predicted octanol–water partition coefficient (Wildman–Crippen LogP) is 2.46. The summed E-state index contributed by atoms with van der Waals surface area (Å²) in [4.78, 5) is 18.5. The number of hydrogen-bond acceptors (Lipinski definition) is 4. The van der Waals surface area contributed by atoms with E-state index < -0.39 is 5.97 Å². The van der Waals surface area contributed by atoms with Crippen LogP contribution in [-0.2, 0) is 11.3 Å². The van der Waals surface area contributed by atoms with Crippen molar-refractivity contribution in [2.24, 2.45) is 0 Å². The molecule has 0 spiro atoms. The van der Waals surface area contributed by atoms with Crippen LogP contribution in [0.1, 0.15) is 16.1 Å². The number of nitrogens with zero attached hydrogens (tertiary/aromatic N) is 1. The first-order valence-electron chi connectivity index (χ1n) is 5.29. The number of carbonyl (C=O) groups is 1. The van der Waals surface area contributed by atoms with Crippen molar-refractivity contribution in [3.63, 3.8) is 0 Å². The number of benzene rings is 1. The molecule has 0 aliphatic carbocycles. The third kappa shape index (κ3) is 2.81. The van der Waals surface area contributed by atoms with E-state index in [2.05, 4.69) is 15.3 Å². The number of imidazole rings is 1. The van der Waals surface area contributed by atoms with Gasteiger partial charge in [0.25, 0.3) is 0 Å². The number of anilines is 1. The monoisotopic (exact) mass is 265 g/mol. The molecule has 18 heavy (non-hydrogen) atoms. The molecule has 0 aliphatic heterocycles. The lowest BCUT2D eigenvalue weighted by Gasteiger charge is -2.10. The van der Waals surface area contributed by atoms with E-state index in [1.165, 1.54) is 7.11 Å². The predicted molar refractivity (Wildman–Crippen MR) is 68.7 cm³/mol. The van der Waals surface area contributed by atoms with Crippen molar-refractivity contribution in [1.29, 1.82) is 0 Å². The maximum Gasteiger partial charge on any atom is 0.340 e. The molecule has 6 heteroatoms. The minimum absolute atomic E-state index is 0.407. The number of aromatic nitrogens is 2. The highest BCUT2D eigenvalue weighted by Crippen LogP contribution is 2.21. The summed E-state index contributed by atoms with van der Waals surface area (Å²) in [6.45, 7) is 0.533.